The number of para-hydroxylation sites is 1. The zero-order chi connectivity index (χ0) is 18.9. The van der Waals surface area contributed by atoms with Crippen molar-refractivity contribution in [3.8, 4) is 0 Å². The zero-order valence-corrected chi connectivity index (χ0v) is 16.5. The molecule has 0 amide bonds. The second kappa shape index (κ2) is 10.3. The van der Waals surface area contributed by atoms with E-state index >= 15 is 0 Å². The molecule has 1 saturated heterocycles. The summed E-state index contributed by atoms with van der Waals surface area (Å²) in [6.07, 6.45) is 4.78. The maximum Gasteiger partial charge on any atom is 0.215 e. The van der Waals surface area contributed by atoms with Crippen molar-refractivity contribution in [3.05, 3.63) is 64.7 Å². The van der Waals surface area contributed by atoms with E-state index in [4.69, 9.17) is 21.7 Å². The number of rotatable bonds is 9. The van der Waals surface area contributed by atoms with Gasteiger partial charge in [0.1, 0.15) is 0 Å². The summed E-state index contributed by atoms with van der Waals surface area (Å²) in [5, 5.41) is 12.4. The molecule has 0 aliphatic carbocycles. The average Bonchev–Trinajstić information content (AvgIpc) is 3.21. The predicted molar refractivity (Wildman–Crippen MR) is 113 cm³/mol. The molecule has 1 heterocycles. The van der Waals surface area contributed by atoms with E-state index in [2.05, 4.69) is 10.2 Å². The summed E-state index contributed by atoms with van der Waals surface area (Å²) in [7, 11) is 0. The molecule has 5 heteroatoms. The molecule has 3 rings (SSSR count). The highest BCUT2D eigenvalue weighted by atomic mass is 35.5. The number of hydrogen-bond donors (Lipinski definition) is 2. The minimum absolute atomic E-state index is 0.232. The highest BCUT2D eigenvalue weighted by Crippen LogP contribution is 2.18. The normalized spacial score (nSPS) is 14.3. The number of anilines is 1. The van der Waals surface area contributed by atoms with Crippen molar-refractivity contribution in [2.45, 2.75) is 32.2 Å². The molecule has 0 radical (unpaired) electrons. The quantitative estimate of drug-likeness (QED) is 0.355. The molecule has 1 aliphatic heterocycles. The second-order valence-electron chi connectivity index (χ2n) is 6.96. The summed E-state index contributed by atoms with van der Waals surface area (Å²) in [6, 6.07) is 15.6. The molecular formula is C22H28ClN3O. The van der Waals surface area contributed by atoms with E-state index in [1.807, 2.05) is 48.5 Å². The Hall–Kier alpha value is -2.04. The molecule has 2 aromatic carbocycles. The third kappa shape index (κ3) is 6.26. The number of unbranched alkanes of at least 4 members (excludes halogenated alkanes) is 1. The topological polar surface area (TPSA) is 48.4 Å². The SMILES string of the molecule is N=C(OCCCCN1CCCC1)c1ccccc1NCc1ccc(Cl)cc1. The molecule has 27 heavy (non-hydrogen) atoms. The molecule has 0 saturated carbocycles. The third-order valence-corrected chi connectivity index (χ3v) is 5.13. The van der Waals surface area contributed by atoms with E-state index in [0.717, 1.165) is 41.2 Å². The van der Waals surface area contributed by atoms with E-state index < -0.39 is 0 Å². The van der Waals surface area contributed by atoms with Gasteiger partial charge in [0.2, 0.25) is 5.90 Å². The van der Waals surface area contributed by atoms with Crippen LogP contribution >= 0.6 is 11.6 Å². The standard InChI is InChI=1S/C22H28ClN3O/c23-19-11-9-18(10-12-19)17-25-21-8-2-1-7-20(21)22(24)27-16-6-5-15-26-13-3-4-14-26/h1-2,7-12,24-25H,3-6,13-17H2. The van der Waals surface area contributed by atoms with Crippen molar-refractivity contribution in [3.63, 3.8) is 0 Å². The minimum atomic E-state index is 0.232. The van der Waals surface area contributed by atoms with E-state index in [-0.39, 0.29) is 5.90 Å². The van der Waals surface area contributed by atoms with Gasteiger partial charge in [-0.1, -0.05) is 35.9 Å². The van der Waals surface area contributed by atoms with Gasteiger partial charge >= 0.3 is 0 Å². The number of benzene rings is 2. The van der Waals surface area contributed by atoms with Crippen LogP contribution in [-0.2, 0) is 11.3 Å². The molecular weight excluding hydrogens is 358 g/mol. The van der Waals surface area contributed by atoms with Crippen LogP contribution in [0.3, 0.4) is 0 Å². The highest BCUT2D eigenvalue weighted by molar-refractivity contribution is 6.30. The van der Waals surface area contributed by atoms with Crippen LogP contribution in [-0.4, -0.2) is 37.0 Å². The van der Waals surface area contributed by atoms with E-state index in [1.165, 1.54) is 25.9 Å². The Morgan fingerprint density at radius 1 is 1.04 bits per heavy atom. The Kier molecular flexibility index (Phi) is 7.55. The molecule has 1 fully saturated rings. The fourth-order valence-electron chi connectivity index (χ4n) is 3.33. The van der Waals surface area contributed by atoms with Crippen LogP contribution < -0.4 is 5.32 Å². The lowest BCUT2D eigenvalue weighted by Gasteiger charge is -2.15. The van der Waals surface area contributed by atoms with Crippen molar-refractivity contribution >= 4 is 23.2 Å². The highest BCUT2D eigenvalue weighted by Gasteiger charge is 2.11. The van der Waals surface area contributed by atoms with Crippen LogP contribution in [0, 0.1) is 5.41 Å². The fourth-order valence-corrected chi connectivity index (χ4v) is 3.46. The molecule has 2 aromatic rings. The number of hydrogen-bond acceptors (Lipinski definition) is 4. The van der Waals surface area contributed by atoms with Gasteiger partial charge in [0.25, 0.3) is 0 Å². The first-order chi connectivity index (χ1) is 13.2. The average molecular weight is 386 g/mol. The van der Waals surface area contributed by atoms with E-state index in [1.54, 1.807) is 0 Å². The predicted octanol–water partition coefficient (Wildman–Crippen LogP) is 5.17. The van der Waals surface area contributed by atoms with Crippen molar-refractivity contribution in [2.24, 2.45) is 0 Å². The summed E-state index contributed by atoms with van der Waals surface area (Å²) < 4.78 is 5.71. The van der Waals surface area contributed by atoms with Crippen molar-refractivity contribution in [1.82, 2.24) is 4.90 Å². The van der Waals surface area contributed by atoms with Crippen LogP contribution in [0.15, 0.2) is 48.5 Å². The van der Waals surface area contributed by atoms with Gasteiger partial charge in [0.15, 0.2) is 0 Å². The summed E-state index contributed by atoms with van der Waals surface area (Å²) in [5.41, 5.74) is 2.85. The number of nitrogens with one attached hydrogen (secondary N) is 2. The molecule has 4 nitrogen and oxygen atoms in total. The Bertz CT molecular complexity index is 727. The van der Waals surface area contributed by atoms with Gasteiger partial charge in [0, 0.05) is 17.3 Å². The van der Waals surface area contributed by atoms with Crippen LogP contribution in [0.5, 0.6) is 0 Å². The monoisotopic (exact) mass is 385 g/mol. The Labute approximate surface area is 167 Å². The molecule has 0 atom stereocenters. The summed E-state index contributed by atoms with van der Waals surface area (Å²) >= 11 is 5.94. The van der Waals surface area contributed by atoms with Crippen LogP contribution in [0.2, 0.25) is 5.02 Å². The van der Waals surface area contributed by atoms with Gasteiger partial charge in [0.05, 0.1) is 12.2 Å². The first-order valence-corrected chi connectivity index (χ1v) is 10.1. The smallest absolute Gasteiger partial charge is 0.215 e. The van der Waals surface area contributed by atoms with Gasteiger partial charge in [-0.3, -0.25) is 5.41 Å². The second-order valence-corrected chi connectivity index (χ2v) is 7.40. The molecule has 144 valence electrons. The summed E-state index contributed by atoms with van der Waals surface area (Å²) in [5.74, 6) is 0.232. The Morgan fingerprint density at radius 2 is 1.78 bits per heavy atom. The lowest BCUT2D eigenvalue weighted by Crippen LogP contribution is -2.20. The summed E-state index contributed by atoms with van der Waals surface area (Å²) in [6.45, 7) is 4.90. The number of likely N-dealkylation sites (tertiary alicyclic amines) is 1. The van der Waals surface area contributed by atoms with Gasteiger partial charge in [-0.25, -0.2) is 0 Å². The lowest BCUT2D eigenvalue weighted by molar-refractivity contribution is 0.270. The van der Waals surface area contributed by atoms with Gasteiger partial charge in [-0.15, -0.1) is 0 Å². The van der Waals surface area contributed by atoms with Crippen molar-refractivity contribution in [1.29, 1.82) is 5.41 Å². The van der Waals surface area contributed by atoms with Crippen molar-refractivity contribution in [2.75, 3.05) is 31.6 Å². The first kappa shape index (κ1) is 19.7. The third-order valence-electron chi connectivity index (χ3n) is 4.88. The molecule has 0 bridgehead atoms. The van der Waals surface area contributed by atoms with Crippen LogP contribution in [0.25, 0.3) is 0 Å². The molecule has 2 N–H and O–H groups in total. The van der Waals surface area contributed by atoms with Crippen LogP contribution in [0.4, 0.5) is 5.69 Å². The number of halogens is 1. The maximum atomic E-state index is 8.29. The first-order valence-electron chi connectivity index (χ1n) is 9.74. The maximum absolute atomic E-state index is 8.29. The Morgan fingerprint density at radius 3 is 2.56 bits per heavy atom. The van der Waals surface area contributed by atoms with E-state index in [9.17, 15) is 0 Å². The van der Waals surface area contributed by atoms with Gasteiger partial charge in [-0.2, -0.15) is 0 Å². The van der Waals surface area contributed by atoms with Gasteiger partial charge in [-0.05, 0) is 75.1 Å². The van der Waals surface area contributed by atoms with Crippen LogP contribution in [0.1, 0.15) is 36.8 Å². The molecule has 0 unspecified atom stereocenters. The molecule has 0 aromatic heterocycles. The van der Waals surface area contributed by atoms with Gasteiger partial charge < -0.3 is 15.0 Å². The largest absolute Gasteiger partial charge is 0.478 e. The van der Waals surface area contributed by atoms with E-state index in [0.29, 0.717) is 13.2 Å². The number of ether oxygens (including phenoxy) is 1. The zero-order valence-electron chi connectivity index (χ0n) is 15.7. The summed E-state index contributed by atoms with van der Waals surface area (Å²) in [4.78, 5) is 2.52. The molecule has 1 aliphatic rings. The fraction of sp³-hybridized carbons (Fsp3) is 0.409. The molecule has 0 spiro atoms. The Balaban J connectivity index is 1.45. The number of nitrogens with zero attached hydrogens (tertiary/aromatic N) is 1. The van der Waals surface area contributed by atoms with Crippen molar-refractivity contribution < 1.29 is 4.74 Å². The minimum Gasteiger partial charge on any atom is -0.478 e. The lowest BCUT2D eigenvalue weighted by atomic mass is 10.1.